The van der Waals surface area contributed by atoms with Gasteiger partial charge < -0.3 is 10.2 Å². The summed E-state index contributed by atoms with van der Waals surface area (Å²) in [5.41, 5.74) is 1.92. The van der Waals surface area contributed by atoms with E-state index in [0.717, 1.165) is 16.6 Å². The Bertz CT molecular complexity index is 689. The number of nitrogens with one attached hydrogen (secondary N) is 1. The molecule has 2 aromatic rings. The van der Waals surface area contributed by atoms with Crippen LogP contribution in [0.5, 0.6) is 0 Å². The maximum Gasteiger partial charge on any atom is 0.226 e. The van der Waals surface area contributed by atoms with Gasteiger partial charge in [0.05, 0.1) is 5.69 Å². The Hall–Kier alpha value is -2.14. The summed E-state index contributed by atoms with van der Waals surface area (Å²) in [5.74, 6) is -0.118. The summed E-state index contributed by atoms with van der Waals surface area (Å²) >= 11 is 3.40. The number of rotatable bonds is 7. The van der Waals surface area contributed by atoms with Crippen molar-refractivity contribution >= 4 is 33.4 Å². The van der Waals surface area contributed by atoms with Gasteiger partial charge in [0.2, 0.25) is 11.8 Å². The van der Waals surface area contributed by atoms with Gasteiger partial charge in [0, 0.05) is 30.9 Å². The fraction of sp³-hybridized carbons (Fsp3) is 0.263. The number of carbonyl (C=O) groups excluding carboxylic acids is 2. The number of carbonyl (C=O) groups is 2. The first-order valence-electron chi connectivity index (χ1n) is 7.90. The lowest BCUT2D eigenvalue weighted by Gasteiger charge is -2.21. The molecule has 5 heteroatoms. The molecular weight excluding hydrogens is 368 g/mol. The topological polar surface area (TPSA) is 49.4 Å². The molecular formula is C19H21BrN2O2. The number of hydrogen-bond acceptors (Lipinski definition) is 2. The number of para-hydroxylation sites is 1. The molecule has 0 unspecified atom stereocenters. The van der Waals surface area contributed by atoms with Crippen molar-refractivity contribution in [2.24, 2.45) is 0 Å². The minimum atomic E-state index is -0.104. The molecule has 0 aliphatic rings. The van der Waals surface area contributed by atoms with Crippen molar-refractivity contribution in [3.8, 4) is 0 Å². The molecule has 0 bridgehead atoms. The van der Waals surface area contributed by atoms with Gasteiger partial charge in [0.15, 0.2) is 0 Å². The smallest absolute Gasteiger partial charge is 0.226 e. The van der Waals surface area contributed by atoms with Crippen LogP contribution in [0.4, 0.5) is 5.69 Å². The number of halogens is 1. The van der Waals surface area contributed by atoms with E-state index in [4.69, 9.17) is 0 Å². The van der Waals surface area contributed by atoms with Crippen LogP contribution in [0.25, 0.3) is 0 Å². The van der Waals surface area contributed by atoms with Crippen LogP contribution in [0, 0.1) is 0 Å². The summed E-state index contributed by atoms with van der Waals surface area (Å²) in [7, 11) is 0. The van der Waals surface area contributed by atoms with Crippen LogP contribution in [0.3, 0.4) is 0 Å². The van der Waals surface area contributed by atoms with Crippen molar-refractivity contribution in [3.63, 3.8) is 0 Å². The van der Waals surface area contributed by atoms with Crippen LogP contribution >= 0.6 is 15.9 Å². The number of hydrogen-bond donors (Lipinski definition) is 1. The molecule has 0 heterocycles. The average Bonchev–Trinajstić information content (AvgIpc) is 2.57. The maximum atomic E-state index is 12.1. The highest BCUT2D eigenvalue weighted by Gasteiger charge is 2.12. The fourth-order valence-corrected chi connectivity index (χ4v) is 2.73. The van der Waals surface area contributed by atoms with E-state index in [9.17, 15) is 9.59 Å². The van der Waals surface area contributed by atoms with Gasteiger partial charge in [-0.05, 0) is 40.0 Å². The van der Waals surface area contributed by atoms with Crippen molar-refractivity contribution in [2.75, 3.05) is 18.4 Å². The molecule has 4 nitrogen and oxygen atoms in total. The van der Waals surface area contributed by atoms with Gasteiger partial charge in [0.1, 0.15) is 0 Å². The van der Waals surface area contributed by atoms with Gasteiger partial charge >= 0.3 is 0 Å². The Labute approximate surface area is 151 Å². The monoisotopic (exact) mass is 388 g/mol. The van der Waals surface area contributed by atoms with E-state index in [1.54, 1.807) is 4.90 Å². The molecule has 0 fully saturated rings. The normalized spacial score (nSPS) is 10.2. The molecule has 0 spiro atoms. The highest BCUT2D eigenvalue weighted by molar-refractivity contribution is 9.10. The van der Waals surface area contributed by atoms with Crippen LogP contribution in [0.15, 0.2) is 59.1 Å². The van der Waals surface area contributed by atoms with Crippen molar-refractivity contribution < 1.29 is 9.59 Å². The van der Waals surface area contributed by atoms with Crippen LogP contribution in [0.1, 0.15) is 18.9 Å². The third kappa shape index (κ3) is 5.81. The predicted octanol–water partition coefficient (Wildman–Crippen LogP) is 3.87. The average molecular weight is 389 g/mol. The van der Waals surface area contributed by atoms with Crippen molar-refractivity contribution in [1.82, 2.24) is 4.90 Å². The Kier molecular flexibility index (Phi) is 7.00. The van der Waals surface area contributed by atoms with Gasteiger partial charge in [-0.1, -0.05) is 42.5 Å². The Balaban J connectivity index is 1.83. The SMILES string of the molecule is CC(=O)N(CCC(=O)Nc1ccccc1Br)CCc1ccccc1. The lowest BCUT2D eigenvalue weighted by atomic mass is 10.1. The number of amides is 2. The van der Waals surface area contributed by atoms with Crippen LogP contribution in [-0.2, 0) is 16.0 Å². The van der Waals surface area contributed by atoms with E-state index in [1.807, 2.05) is 54.6 Å². The van der Waals surface area contributed by atoms with E-state index >= 15 is 0 Å². The molecule has 2 rings (SSSR count). The minimum Gasteiger partial charge on any atom is -0.342 e. The summed E-state index contributed by atoms with van der Waals surface area (Å²) in [6.45, 7) is 2.57. The van der Waals surface area contributed by atoms with Gasteiger partial charge in [-0.2, -0.15) is 0 Å². The zero-order chi connectivity index (χ0) is 17.4. The van der Waals surface area contributed by atoms with Gasteiger partial charge in [-0.15, -0.1) is 0 Å². The summed E-state index contributed by atoms with van der Waals surface area (Å²) in [4.78, 5) is 25.6. The Morgan fingerprint density at radius 2 is 1.67 bits per heavy atom. The summed E-state index contributed by atoms with van der Waals surface area (Å²) < 4.78 is 0.839. The zero-order valence-corrected chi connectivity index (χ0v) is 15.3. The number of anilines is 1. The lowest BCUT2D eigenvalue weighted by Crippen LogP contribution is -2.33. The molecule has 126 valence electrons. The molecule has 2 amide bonds. The molecule has 0 atom stereocenters. The van der Waals surface area contributed by atoms with Crippen molar-refractivity contribution in [2.45, 2.75) is 19.8 Å². The second kappa shape index (κ2) is 9.23. The quantitative estimate of drug-likeness (QED) is 0.782. The lowest BCUT2D eigenvalue weighted by molar-refractivity contribution is -0.129. The molecule has 0 radical (unpaired) electrons. The molecule has 1 N–H and O–H groups in total. The minimum absolute atomic E-state index is 0.0142. The fourth-order valence-electron chi connectivity index (χ4n) is 2.35. The molecule has 0 aliphatic carbocycles. The van der Waals surface area contributed by atoms with Crippen LogP contribution in [-0.4, -0.2) is 29.8 Å². The van der Waals surface area contributed by atoms with Gasteiger partial charge in [0.25, 0.3) is 0 Å². The Morgan fingerprint density at radius 3 is 2.33 bits per heavy atom. The maximum absolute atomic E-state index is 12.1. The molecule has 0 aliphatic heterocycles. The Morgan fingerprint density at radius 1 is 1.00 bits per heavy atom. The zero-order valence-electron chi connectivity index (χ0n) is 13.7. The van der Waals surface area contributed by atoms with E-state index in [-0.39, 0.29) is 18.2 Å². The summed E-state index contributed by atoms with van der Waals surface area (Å²) in [6.07, 6.45) is 1.06. The predicted molar refractivity (Wildman–Crippen MR) is 99.8 cm³/mol. The largest absolute Gasteiger partial charge is 0.342 e. The highest BCUT2D eigenvalue weighted by Crippen LogP contribution is 2.21. The van der Waals surface area contributed by atoms with Crippen LogP contribution < -0.4 is 5.32 Å². The van der Waals surface area contributed by atoms with Crippen molar-refractivity contribution in [3.05, 3.63) is 64.6 Å². The molecule has 0 saturated heterocycles. The summed E-state index contributed by atoms with van der Waals surface area (Å²) in [6, 6.07) is 17.5. The van der Waals surface area contributed by atoms with Gasteiger partial charge in [-0.25, -0.2) is 0 Å². The van der Waals surface area contributed by atoms with E-state index < -0.39 is 0 Å². The first-order valence-corrected chi connectivity index (χ1v) is 8.69. The molecule has 2 aromatic carbocycles. The first kappa shape index (κ1) is 18.2. The second-order valence-corrected chi connectivity index (χ2v) is 6.37. The second-order valence-electron chi connectivity index (χ2n) is 5.52. The molecule has 0 aromatic heterocycles. The van der Waals surface area contributed by atoms with Crippen molar-refractivity contribution in [1.29, 1.82) is 0 Å². The highest BCUT2D eigenvalue weighted by atomic mass is 79.9. The number of nitrogens with zero attached hydrogens (tertiary/aromatic N) is 1. The van der Waals surface area contributed by atoms with E-state index in [2.05, 4.69) is 21.2 Å². The first-order chi connectivity index (χ1) is 11.6. The summed E-state index contributed by atoms with van der Waals surface area (Å²) in [5, 5.41) is 2.85. The standard InChI is InChI=1S/C19H21BrN2O2/c1-15(23)22(13-11-16-7-3-2-4-8-16)14-12-19(24)21-18-10-6-5-9-17(18)20/h2-10H,11-14H2,1H3,(H,21,24). The third-order valence-corrected chi connectivity index (χ3v) is 4.41. The van der Waals surface area contributed by atoms with E-state index in [0.29, 0.717) is 13.1 Å². The van der Waals surface area contributed by atoms with E-state index in [1.165, 1.54) is 12.5 Å². The van der Waals surface area contributed by atoms with Gasteiger partial charge in [-0.3, -0.25) is 9.59 Å². The third-order valence-electron chi connectivity index (χ3n) is 3.72. The van der Waals surface area contributed by atoms with Crippen LogP contribution in [0.2, 0.25) is 0 Å². The molecule has 24 heavy (non-hydrogen) atoms. The number of benzene rings is 2. The molecule has 0 saturated carbocycles.